The van der Waals surface area contributed by atoms with E-state index >= 15 is 0 Å². The van der Waals surface area contributed by atoms with Crippen molar-refractivity contribution in [2.75, 3.05) is 17.1 Å². The molecule has 7 nitrogen and oxygen atoms in total. The monoisotopic (exact) mass is 621 g/mol. The number of hydrogen-bond donors (Lipinski definition) is 1. The first-order chi connectivity index (χ1) is 21.0. The fraction of sp³-hybridized carbons (Fsp3) is 0.429. The van der Waals surface area contributed by atoms with Gasteiger partial charge in [0, 0.05) is 32.0 Å². The van der Waals surface area contributed by atoms with Crippen molar-refractivity contribution in [1.29, 1.82) is 0 Å². The van der Waals surface area contributed by atoms with Crippen LogP contribution in [-0.4, -0.2) is 50.0 Å². The number of benzene rings is 3. The molecule has 3 aromatic carbocycles. The normalized spacial score (nSPS) is 14.5. The molecule has 0 heterocycles. The van der Waals surface area contributed by atoms with E-state index in [4.69, 9.17) is 0 Å². The molecular formula is C35H44FN3O4S. The van der Waals surface area contributed by atoms with E-state index in [0.29, 0.717) is 17.7 Å². The Kier molecular flexibility index (Phi) is 11.6. The summed E-state index contributed by atoms with van der Waals surface area (Å²) in [6.45, 7) is 4.02. The second kappa shape index (κ2) is 15.3. The van der Waals surface area contributed by atoms with E-state index < -0.39 is 16.1 Å². The maximum absolute atomic E-state index is 14.0. The highest BCUT2D eigenvalue weighted by Crippen LogP contribution is 2.25. The second-order valence-electron chi connectivity index (χ2n) is 11.9. The molecule has 0 spiro atoms. The molecule has 0 bridgehead atoms. The van der Waals surface area contributed by atoms with Crippen LogP contribution in [0.15, 0.2) is 72.8 Å². The number of aryl methyl sites for hydroxylation is 2. The van der Waals surface area contributed by atoms with E-state index in [1.54, 1.807) is 17.0 Å². The summed E-state index contributed by atoms with van der Waals surface area (Å²) in [7, 11) is -3.61. The fourth-order valence-corrected chi connectivity index (χ4v) is 6.87. The Labute approximate surface area is 261 Å². The van der Waals surface area contributed by atoms with Gasteiger partial charge in [-0.15, -0.1) is 0 Å². The average molecular weight is 622 g/mol. The summed E-state index contributed by atoms with van der Waals surface area (Å²) < 4.78 is 40.7. The Morgan fingerprint density at radius 1 is 0.932 bits per heavy atom. The molecular weight excluding hydrogens is 577 g/mol. The zero-order valence-corrected chi connectivity index (χ0v) is 26.8. The van der Waals surface area contributed by atoms with Gasteiger partial charge in [0.05, 0.1) is 11.9 Å². The minimum Gasteiger partial charge on any atom is -0.352 e. The van der Waals surface area contributed by atoms with Crippen LogP contribution in [-0.2, 0) is 32.6 Å². The van der Waals surface area contributed by atoms with Crippen molar-refractivity contribution >= 4 is 27.5 Å². The van der Waals surface area contributed by atoms with Crippen molar-refractivity contribution in [2.45, 2.75) is 83.8 Å². The zero-order valence-electron chi connectivity index (χ0n) is 26.0. The lowest BCUT2D eigenvalue weighted by Crippen LogP contribution is -2.52. The maximum atomic E-state index is 14.0. The van der Waals surface area contributed by atoms with Crippen LogP contribution in [0.25, 0.3) is 0 Å². The number of anilines is 1. The molecule has 236 valence electrons. The molecule has 44 heavy (non-hydrogen) atoms. The number of halogens is 1. The number of sulfonamides is 1. The van der Waals surface area contributed by atoms with Crippen LogP contribution in [0.1, 0.15) is 67.2 Å². The summed E-state index contributed by atoms with van der Waals surface area (Å²) in [5.41, 5.74) is 3.99. The molecule has 0 aliphatic heterocycles. The van der Waals surface area contributed by atoms with Gasteiger partial charge in [0.25, 0.3) is 0 Å². The van der Waals surface area contributed by atoms with Crippen LogP contribution in [0.3, 0.4) is 0 Å². The lowest BCUT2D eigenvalue weighted by Gasteiger charge is -2.34. The van der Waals surface area contributed by atoms with Crippen molar-refractivity contribution < 1.29 is 22.4 Å². The highest BCUT2D eigenvalue weighted by molar-refractivity contribution is 7.92. The molecule has 1 aliphatic carbocycles. The third-order valence-corrected chi connectivity index (χ3v) is 9.45. The van der Waals surface area contributed by atoms with Crippen LogP contribution in [0.5, 0.6) is 0 Å². The average Bonchev–Trinajstić information content (AvgIpc) is 2.99. The Hall–Kier alpha value is -3.72. The van der Waals surface area contributed by atoms with Gasteiger partial charge < -0.3 is 10.2 Å². The summed E-state index contributed by atoms with van der Waals surface area (Å²) in [5, 5.41) is 3.22. The number of hydrogen-bond acceptors (Lipinski definition) is 4. The Morgan fingerprint density at radius 3 is 2.27 bits per heavy atom. The van der Waals surface area contributed by atoms with Gasteiger partial charge in [-0.3, -0.25) is 13.9 Å². The zero-order chi connectivity index (χ0) is 31.7. The Bertz CT molecular complexity index is 1510. The maximum Gasteiger partial charge on any atom is 0.243 e. The highest BCUT2D eigenvalue weighted by Gasteiger charge is 2.32. The van der Waals surface area contributed by atoms with Crippen molar-refractivity contribution in [3.63, 3.8) is 0 Å². The molecule has 1 unspecified atom stereocenters. The molecule has 0 radical (unpaired) electrons. The van der Waals surface area contributed by atoms with Crippen LogP contribution < -0.4 is 9.62 Å². The summed E-state index contributed by atoms with van der Waals surface area (Å²) in [5.74, 6) is -0.845. The van der Waals surface area contributed by atoms with E-state index in [0.717, 1.165) is 48.8 Å². The smallest absolute Gasteiger partial charge is 0.243 e. The molecule has 1 N–H and O–H groups in total. The largest absolute Gasteiger partial charge is 0.352 e. The molecule has 4 rings (SSSR count). The molecule has 0 aromatic heterocycles. The van der Waals surface area contributed by atoms with Crippen molar-refractivity contribution in [2.24, 2.45) is 0 Å². The number of amides is 2. The van der Waals surface area contributed by atoms with Gasteiger partial charge in [-0.05, 0) is 73.6 Å². The van der Waals surface area contributed by atoms with Crippen LogP contribution in [0.4, 0.5) is 10.1 Å². The van der Waals surface area contributed by atoms with Gasteiger partial charge in [-0.1, -0.05) is 73.9 Å². The molecule has 0 saturated heterocycles. The topological polar surface area (TPSA) is 86.8 Å². The van der Waals surface area contributed by atoms with Gasteiger partial charge >= 0.3 is 0 Å². The van der Waals surface area contributed by atoms with E-state index in [9.17, 15) is 22.4 Å². The Balaban J connectivity index is 1.60. The lowest BCUT2D eigenvalue weighted by atomic mass is 9.94. The number of carbonyl (C=O) groups is 2. The number of carbonyl (C=O) groups excluding carboxylic acids is 2. The van der Waals surface area contributed by atoms with E-state index in [1.165, 1.54) is 22.7 Å². The molecule has 9 heteroatoms. The van der Waals surface area contributed by atoms with Crippen LogP contribution in [0, 0.1) is 19.7 Å². The minimum absolute atomic E-state index is 0.0417. The summed E-state index contributed by atoms with van der Waals surface area (Å²) in [6.07, 6.45) is 6.90. The molecule has 1 saturated carbocycles. The Morgan fingerprint density at radius 2 is 1.61 bits per heavy atom. The SMILES string of the molecule is Cc1ccc(C)c(N(CCCC(=O)N(Cc2ccc(F)cc2)C(Cc2ccccc2)C(=O)NC2CCCCC2)S(C)(=O)=O)c1. The van der Waals surface area contributed by atoms with Crippen LogP contribution >= 0.6 is 0 Å². The molecule has 1 atom stereocenters. The van der Waals surface area contributed by atoms with E-state index in [1.807, 2.05) is 62.4 Å². The molecule has 2 amide bonds. The van der Waals surface area contributed by atoms with Crippen molar-refractivity contribution in [1.82, 2.24) is 10.2 Å². The lowest BCUT2D eigenvalue weighted by molar-refractivity contribution is -0.141. The third kappa shape index (κ3) is 9.39. The predicted molar refractivity (Wildman–Crippen MR) is 173 cm³/mol. The summed E-state index contributed by atoms with van der Waals surface area (Å²) >= 11 is 0. The van der Waals surface area contributed by atoms with Crippen LogP contribution in [0.2, 0.25) is 0 Å². The van der Waals surface area contributed by atoms with Gasteiger partial charge in [-0.25, -0.2) is 12.8 Å². The van der Waals surface area contributed by atoms with Gasteiger partial charge in [0.15, 0.2) is 0 Å². The first-order valence-corrected chi connectivity index (χ1v) is 17.3. The minimum atomic E-state index is -3.61. The first-order valence-electron chi connectivity index (χ1n) is 15.4. The van der Waals surface area contributed by atoms with Gasteiger partial charge in [0.2, 0.25) is 21.8 Å². The van der Waals surface area contributed by atoms with Crippen molar-refractivity contribution in [3.8, 4) is 0 Å². The second-order valence-corrected chi connectivity index (χ2v) is 13.8. The van der Waals surface area contributed by atoms with Gasteiger partial charge in [0.1, 0.15) is 11.9 Å². The predicted octanol–water partition coefficient (Wildman–Crippen LogP) is 6.08. The molecule has 1 fully saturated rings. The summed E-state index contributed by atoms with van der Waals surface area (Å²) in [4.78, 5) is 29.5. The van der Waals surface area contributed by atoms with E-state index in [-0.39, 0.29) is 49.6 Å². The standard InChI is InChI=1S/C35H44FN3O4S/c1-26-16-17-27(2)32(23-26)39(44(3,42)43)22-10-15-34(40)38(25-29-18-20-30(36)21-19-29)33(24-28-11-6-4-7-12-28)35(41)37-31-13-8-5-9-14-31/h4,6-7,11-12,16-21,23,31,33H,5,8-10,13-15,22,24-25H2,1-3H3,(H,37,41). The highest BCUT2D eigenvalue weighted by atomic mass is 32.2. The van der Waals surface area contributed by atoms with Crippen molar-refractivity contribution in [3.05, 3.63) is 101 Å². The number of nitrogens with one attached hydrogen (secondary N) is 1. The molecule has 1 aliphatic rings. The number of rotatable bonds is 13. The third-order valence-electron chi connectivity index (χ3n) is 8.27. The quantitative estimate of drug-likeness (QED) is 0.251. The molecule has 3 aromatic rings. The summed E-state index contributed by atoms with van der Waals surface area (Å²) in [6, 6.07) is 20.5. The van der Waals surface area contributed by atoms with E-state index in [2.05, 4.69) is 5.32 Å². The number of nitrogens with zero attached hydrogens (tertiary/aromatic N) is 2. The first kappa shape index (κ1) is 33.2. The fourth-order valence-electron chi connectivity index (χ4n) is 5.86. The van der Waals surface area contributed by atoms with Gasteiger partial charge in [-0.2, -0.15) is 0 Å².